The van der Waals surface area contributed by atoms with Crippen LogP contribution in [0.1, 0.15) is 6.92 Å². The zero-order valence-corrected chi connectivity index (χ0v) is 12.0. The molecule has 0 aliphatic carbocycles. The van der Waals surface area contributed by atoms with Crippen LogP contribution >= 0.6 is 0 Å². The number of epoxide rings is 3. The van der Waals surface area contributed by atoms with Crippen LogP contribution in [-0.2, 0) is 28.4 Å². The zero-order valence-electron chi connectivity index (χ0n) is 12.0. The van der Waals surface area contributed by atoms with Crippen molar-refractivity contribution < 1.29 is 28.4 Å². The molecule has 0 N–H and O–H groups in total. The molecule has 3 atom stereocenters. The van der Waals surface area contributed by atoms with Gasteiger partial charge in [-0.15, -0.1) is 0 Å². The topological polar surface area (TPSA) is 65.3 Å². The lowest BCUT2D eigenvalue weighted by Crippen LogP contribution is -2.35. The van der Waals surface area contributed by atoms with E-state index in [1.54, 1.807) is 0 Å². The highest BCUT2D eigenvalue weighted by molar-refractivity contribution is 4.77. The second-order valence-electron chi connectivity index (χ2n) is 6.22. The lowest BCUT2D eigenvalue weighted by atomic mass is 9.94. The summed E-state index contributed by atoms with van der Waals surface area (Å²) in [6, 6.07) is 0. The van der Waals surface area contributed by atoms with Gasteiger partial charge in [-0.2, -0.15) is 0 Å². The quantitative estimate of drug-likeness (QED) is 0.479. The van der Waals surface area contributed by atoms with Crippen molar-refractivity contribution in [3.05, 3.63) is 0 Å². The Hall–Kier alpha value is -0.240. The van der Waals surface area contributed by atoms with Gasteiger partial charge in [0.05, 0.1) is 59.5 Å². The van der Waals surface area contributed by atoms with Gasteiger partial charge in [0.25, 0.3) is 0 Å². The predicted molar refractivity (Wildman–Crippen MR) is 69.8 cm³/mol. The van der Waals surface area contributed by atoms with E-state index >= 15 is 0 Å². The Morgan fingerprint density at radius 3 is 1.30 bits per heavy atom. The Labute approximate surface area is 119 Å². The number of hydrogen-bond acceptors (Lipinski definition) is 6. The molecule has 3 rings (SSSR count). The normalized spacial score (nSPS) is 33.8. The summed E-state index contributed by atoms with van der Waals surface area (Å²) in [5, 5.41) is 0. The van der Waals surface area contributed by atoms with Gasteiger partial charge in [-0.3, -0.25) is 0 Å². The average molecular weight is 288 g/mol. The van der Waals surface area contributed by atoms with Gasteiger partial charge in [0.2, 0.25) is 0 Å². The van der Waals surface area contributed by atoms with Gasteiger partial charge in [-0.25, -0.2) is 0 Å². The third-order valence-electron chi connectivity index (χ3n) is 3.47. The molecule has 0 saturated carbocycles. The fourth-order valence-corrected chi connectivity index (χ4v) is 1.93. The van der Waals surface area contributed by atoms with Crippen LogP contribution in [0.3, 0.4) is 0 Å². The Balaban J connectivity index is 1.35. The summed E-state index contributed by atoms with van der Waals surface area (Å²) in [4.78, 5) is 0. The van der Waals surface area contributed by atoms with Crippen LogP contribution in [0.4, 0.5) is 0 Å². The molecule has 6 nitrogen and oxygen atoms in total. The fraction of sp³-hybridized carbons (Fsp3) is 1.00. The molecule has 3 fully saturated rings. The molecule has 6 heteroatoms. The van der Waals surface area contributed by atoms with Crippen LogP contribution in [0.5, 0.6) is 0 Å². The highest BCUT2D eigenvalue weighted by Gasteiger charge is 2.31. The van der Waals surface area contributed by atoms with Gasteiger partial charge in [0.15, 0.2) is 0 Å². The van der Waals surface area contributed by atoms with E-state index in [0.29, 0.717) is 58.0 Å². The van der Waals surface area contributed by atoms with Crippen molar-refractivity contribution in [1.29, 1.82) is 0 Å². The van der Waals surface area contributed by atoms with Crippen LogP contribution in [0.15, 0.2) is 0 Å². The first kappa shape index (κ1) is 14.7. The standard InChI is InChI=1S/C14H24O6/c1-14(8-15-2-11-5-18-11,9-16-3-12-6-19-12)10-17-4-13-7-20-13/h11-13H,2-10H2,1H3. The molecule has 0 radical (unpaired) electrons. The van der Waals surface area contributed by atoms with Crippen molar-refractivity contribution >= 4 is 0 Å². The molecule has 0 aromatic rings. The van der Waals surface area contributed by atoms with E-state index in [4.69, 9.17) is 28.4 Å². The molecular formula is C14H24O6. The molecule has 0 aromatic carbocycles. The minimum Gasteiger partial charge on any atom is -0.378 e. The summed E-state index contributed by atoms with van der Waals surface area (Å²) in [5.41, 5.74) is -0.140. The largest absolute Gasteiger partial charge is 0.378 e. The van der Waals surface area contributed by atoms with E-state index in [-0.39, 0.29) is 5.41 Å². The van der Waals surface area contributed by atoms with Gasteiger partial charge in [-0.05, 0) is 0 Å². The van der Waals surface area contributed by atoms with Gasteiger partial charge in [0, 0.05) is 5.41 Å². The second-order valence-corrected chi connectivity index (χ2v) is 6.22. The van der Waals surface area contributed by atoms with Gasteiger partial charge < -0.3 is 28.4 Å². The van der Waals surface area contributed by atoms with Gasteiger partial charge in [-0.1, -0.05) is 6.92 Å². The Kier molecular flexibility index (Phi) is 4.91. The first-order valence-electron chi connectivity index (χ1n) is 7.32. The highest BCUT2D eigenvalue weighted by atomic mass is 16.6. The van der Waals surface area contributed by atoms with E-state index < -0.39 is 0 Å². The molecule has 0 bridgehead atoms. The third kappa shape index (κ3) is 5.63. The van der Waals surface area contributed by atoms with Crippen LogP contribution in [-0.4, -0.2) is 77.8 Å². The van der Waals surface area contributed by atoms with Crippen molar-refractivity contribution in [3.8, 4) is 0 Å². The average Bonchev–Trinajstić information content (AvgIpc) is 3.24. The molecule has 20 heavy (non-hydrogen) atoms. The summed E-state index contributed by atoms with van der Waals surface area (Å²) in [7, 11) is 0. The monoisotopic (exact) mass is 288 g/mol. The Morgan fingerprint density at radius 1 is 0.750 bits per heavy atom. The summed E-state index contributed by atoms with van der Waals surface area (Å²) in [6.45, 7) is 8.42. The SMILES string of the molecule is CC(COCC1CO1)(COCC1CO1)COCC1CO1. The van der Waals surface area contributed by atoms with Crippen molar-refractivity contribution in [2.75, 3.05) is 59.5 Å². The van der Waals surface area contributed by atoms with Crippen LogP contribution in [0, 0.1) is 5.41 Å². The minimum atomic E-state index is -0.140. The highest BCUT2D eigenvalue weighted by Crippen LogP contribution is 2.22. The van der Waals surface area contributed by atoms with Gasteiger partial charge in [0.1, 0.15) is 18.3 Å². The first-order valence-corrected chi connectivity index (χ1v) is 7.32. The van der Waals surface area contributed by atoms with E-state index in [1.807, 2.05) is 0 Å². The Morgan fingerprint density at radius 2 is 1.05 bits per heavy atom. The summed E-state index contributed by atoms with van der Waals surface area (Å²) in [5.74, 6) is 0. The van der Waals surface area contributed by atoms with Crippen molar-refractivity contribution in [2.24, 2.45) is 5.41 Å². The summed E-state index contributed by atoms with van der Waals surface area (Å²) < 4.78 is 32.6. The third-order valence-corrected chi connectivity index (χ3v) is 3.47. The minimum absolute atomic E-state index is 0.140. The van der Waals surface area contributed by atoms with Crippen molar-refractivity contribution in [3.63, 3.8) is 0 Å². The number of rotatable bonds is 12. The van der Waals surface area contributed by atoms with Crippen LogP contribution in [0.2, 0.25) is 0 Å². The van der Waals surface area contributed by atoms with Crippen LogP contribution in [0.25, 0.3) is 0 Å². The molecule has 3 heterocycles. The maximum atomic E-state index is 5.72. The van der Waals surface area contributed by atoms with E-state index in [9.17, 15) is 0 Å². The maximum Gasteiger partial charge on any atom is 0.104 e. The molecule has 0 amide bonds. The number of ether oxygens (including phenoxy) is 6. The van der Waals surface area contributed by atoms with E-state index in [1.165, 1.54) is 0 Å². The van der Waals surface area contributed by atoms with Crippen molar-refractivity contribution in [1.82, 2.24) is 0 Å². The van der Waals surface area contributed by atoms with E-state index in [2.05, 4.69) is 6.92 Å². The lowest BCUT2D eigenvalue weighted by molar-refractivity contribution is -0.0650. The molecule has 0 aromatic heterocycles. The predicted octanol–water partition coefficient (Wildman–Crippen LogP) is 0.239. The van der Waals surface area contributed by atoms with E-state index in [0.717, 1.165) is 19.8 Å². The molecule has 3 aliphatic rings. The van der Waals surface area contributed by atoms with Gasteiger partial charge >= 0.3 is 0 Å². The molecule has 3 aliphatic heterocycles. The lowest BCUT2D eigenvalue weighted by Gasteiger charge is -2.28. The first-order chi connectivity index (χ1) is 9.73. The second kappa shape index (κ2) is 6.68. The molecule has 116 valence electrons. The summed E-state index contributed by atoms with van der Waals surface area (Å²) in [6.07, 6.45) is 0.877. The zero-order chi connectivity index (χ0) is 13.8. The Bertz CT molecular complexity index is 252. The van der Waals surface area contributed by atoms with Crippen LogP contribution < -0.4 is 0 Å². The smallest absolute Gasteiger partial charge is 0.104 e. The maximum absolute atomic E-state index is 5.72. The van der Waals surface area contributed by atoms with Crippen molar-refractivity contribution in [2.45, 2.75) is 25.2 Å². The summed E-state index contributed by atoms with van der Waals surface area (Å²) >= 11 is 0. The molecule has 3 saturated heterocycles. The molecular weight excluding hydrogens is 264 g/mol. The molecule has 0 spiro atoms. The molecule has 3 unspecified atom stereocenters. The fourth-order valence-electron chi connectivity index (χ4n) is 1.93. The number of hydrogen-bond donors (Lipinski definition) is 0.